The van der Waals surface area contributed by atoms with E-state index in [1.54, 1.807) is 0 Å². The molecule has 1 aliphatic carbocycles. The van der Waals surface area contributed by atoms with E-state index >= 15 is 0 Å². The summed E-state index contributed by atoms with van der Waals surface area (Å²) in [5, 5.41) is 3.64. The van der Waals surface area contributed by atoms with Gasteiger partial charge in [0.15, 0.2) is 0 Å². The molecule has 3 heterocycles. The molecule has 0 amide bonds. The predicted molar refractivity (Wildman–Crippen MR) is 55.8 cm³/mol. The first-order valence-corrected chi connectivity index (χ1v) is 5.28. The van der Waals surface area contributed by atoms with Crippen LogP contribution in [0.2, 0.25) is 0 Å². The summed E-state index contributed by atoms with van der Waals surface area (Å²) in [6, 6.07) is 5.26. The van der Waals surface area contributed by atoms with E-state index in [9.17, 15) is 0 Å². The Kier molecular flexibility index (Phi) is 1.88. The van der Waals surface area contributed by atoms with Crippen LogP contribution in [-0.2, 0) is 0 Å². The highest BCUT2D eigenvalue weighted by atomic mass is 15.0. The van der Waals surface area contributed by atoms with E-state index in [1.807, 2.05) is 18.5 Å². The van der Waals surface area contributed by atoms with Gasteiger partial charge < -0.3 is 5.32 Å². The number of rotatable bonds is 1. The monoisotopic (exact) mass is 186 g/mol. The fraction of sp³-hybridized carbons (Fsp3) is 0.417. The van der Waals surface area contributed by atoms with E-state index in [0.717, 1.165) is 0 Å². The summed E-state index contributed by atoms with van der Waals surface area (Å²) in [6.07, 6.45) is 11.1. The maximum Gasteiger partial charge on any atom is 0.0403 e. The number of hydrogen-bond acceptors (Lipinski definition) is 2. The molecular formula is C12H14N2. The number of hydrogen-bond donors (Lipinski definition) is 1. The van der Waals surface area contributed by atoms with Crippen molar-refractivity contribution >= 4 is 0 Å². The van der Waals surface area contributed by atoms with Crippen LogP contribution >= 0.6 is 0 Å². The SMILES string of the molecule is C1=CC2CCC1NC2c1cccnc1. The second-order valence-corrected chi connectivity index (χ2v) is 4.16. The standard InChI is InChI=1S/C12H14N2/c1-2-10(8-13-7-1)12-9-3-5-11(14-12)6-4-9/h1-3,5,7-9,11-12,14H,4,6H2. The first kappa shape index (κ1) is 8.18. The molecule has 2 aliphatic heterocycles. The van der Waals surface area contributed by atoms with Crippen molar-refractivity contribution in [1.29, 1.82) is 0 Å². The molecule has 1 N–H and O–H groups in total. The Bertz CT molecular complexity index is 345. The quantitative estimate of drug-likeness (QED) is 0.679. The van der Waals surface area contributed by atoms with Gasteiger partial charge in [0, 0.05) is 24.5 Å². The van der Waals surface area contributed by atoms with Crippen molar-refractivity contribution < 1.29 is 0 Å². The van der Waals surface area contributed by atoms with Gasteiger partial charge in [-0.1, -0.05) is 18.2 Å². The van der Waals surface area contributed by atoms with Crippen LogP contribution in [0.25, 0.3) is 0 Å². The summed E-state index contributed by atoms with van der Waals surface area (Å²) < 4.78 is 0. The number of nitrogens with one attached hydrogen (secondary N) is 1. The van der Waals surface area contributed by atoms with E-state index in [-0.39, 0.29) is 0 Å². The summed E-state index contributed by atoms with van der Waals surface area (Å²) in [7, 11) is 0. The zero-order valence-corrected chi connectivity index (χ0v) is 8.06. The molecular weight excluding hydrogens is 172 g/mol. The second-order valence-electron chi connectivity index (χ2n) is 4.16. The highest BCUT2D eigenvalue weighted by Gasteiger charge is 2.31. The maximum atomic E-state index is 4.18. The number of nitrogens with zero attached hydrogens (tertiary/aromatic N) is 1. The fourth-order valence-corrected chi connectivity index (χ4v) is 2.52. The Balaban J connectivity index is 1.91. The lowest BCUT2D eigenvalue weighted by Gasteiger charge is -2.39. The van der Waals surface area contributed by atoms with Crippen molar-refractivity contribution in [2.45, 2.75) is 24.9 Å². The zero-order chi connectivity index (χ0) is 9.38. The first-order chi connectivity index (χ1) is 6.93. The van der Waals surface area contributed by atoms with E-state index in [2.05, 4.69) is 28.5 Å². The van der Waals surface area contributed by atoms with E-state index in [1.165, 1.54) is 18.4 Å². The molecule has 1 aromatic rings. The summed E-state index contributed by atoms with van der Waals surface area (Å²) in [5.41, 5.74) is 1.33. The van der Waals surface area contributed by atoms with Crippen LogP contribution in [0.3, 0.4) is 0 Å². The molecule has 0 radical (unpaired) electrons. The summed E-state index contributed by atoms with van der Waals surface area (Å²) in [5.74, 6) is 0.671. The van der Waals surface area contributed by atoms with Crippen LogP contribution < -0.4 is 5.32 Å². The van der Waals surface area contributed by atoms with Crippen molar-refractivity contribution in [2.75, 3.05) is 0 Å². The lowest BCUT2D eigenvalue weighted by molar-refractivity contribution is 0.275. The number of fused-ring (bicyclic) bond motifs is 2. The molecule has 1 fully saturated rings. The minimum absolute atomic E-state index is 0.493. The van der Waals surface area contributed by atoms with Gasteiger partial charge in [0.1, 0.15) is 0 Å². The third-order valence-electron chi connectivity index (χ3n) is 3.27. The largest absolute Gasteiger partial charge is 0.303 e. The molecule has 0 spiro atoms. The van der Waals surface area contributed by atoms with Gasteiger partial charge in [0.2, 0.25) is 0 Å². The van der Waals surface area contributed by atoms with Crippen molar-refractivity contribution in [1.82, 2.24) is 10.3 Å². The topological polar surface area (TPSA) is 24.9 Å². The molecule has 0 aromatic carbocycles. The van der Waals surface area contributed by atoms with Crippen LogP contribution in [0, 0.1) is 5.92 Å². The number of piperidine rings is 1. The molecule has 1 aromatic heterocycles. The van der Waals surface area contributed by atoms with Crippen LogP contribution in [0.1, 0.15) is 24.4 Å². The molecule has 4 rings (SSSR count). The van der Waals surface area contributed by atoms with Gasteiger partial charge >= 0.3 is 0 Å². The number of aromatic nitrogens is 1. The molecule has 14 heavy (non-hydrogen) atoms. The van der Waals surface area contributed by atoms with E-state index < -0.39 is 0 Å². The molecule has 0 saturated carbocycles. The smallest absolute Gasteiger partial charge is 0.0403 e. The van der Waals surface area contributed by atoms with E-state index in [0.29, 0.717) is 18.0 Å². The molecule has 1 saturated heterocycles. The summed E-state index contributed by atoms with van der Waals surface area (Å²) >= 11 is 0. The second kappa shape index (κ2) is 3.21. The van der Waals surface area contributed by atoms with Crippen molar-refractivity contribution in [3.05, 3.63) is 42.2 Å². The Morgan fingerprint density at radius 2 is 2.29 bits per heavy atom. The lowest BCUT2D eigenvalue weighted by Crippen LogP contribution is -2.43. The Labute approximate surface area is 84.1 Å². The molecule has 2 bridgehead atoms. The average molecular weight is 186 g/mol. The first-order valence-electron chi connectivity index (χ1n) is 5.28. The third kappa shape index (κ3) is 1.26. The minimum atomic E-state index is 0.493. The van der Waals surface area contributed by atoms with Crippen molar-refractivity contribution in [2.24, 2.45) is 5.92 Å². The third-order valence-corrected chi connectivity index (χ3v) is 3.27. The van der Waals surface area contributed by atoms with Gasteiger partial charge in [-0.25, -0.2) is 0 Å². The van der Waals surface area contributed by atoms with Gasteiger partial charge in [-0.15, -0.1) is 0 Å². The minimum Gasteiger partial charge on any atom is -0.303 e. The molecule has 72 valence electrons. The van der Waals surface area contributed by atoms with Crippen molar-refractivity contribution in [3.63, 3.8) is 0 Å². The summed E-state index contributed by atoms with van der Waals surface area (Å²) in [4.78, 5) is 4.18. The van der Waals surface area contributed by atoms with Gasteiger partial charge in [0.05, 0.1) is 0 Å². The van der Waals surface area contributed by atoms with E-state index in [4.69, 9.17) is 0 Å². The maximum absolute atomic E-state index is 4.18. The van der Waals surface area contributed by atoms with Gasteiger partial charge in [-0.05, 0) is 30.4 Å². The Morgan fingerprint density at radius 3 is 2.86 bits per heavy atom. The van der Waals surface area contributed by atoms with Gasteiger partial charge in [-0.2, -0.15) is 0 Å². The zero-order valence-electron chi connectivity index (χ0n) is 8.06. The lowest BCUT2D eigenvalue weighted by atomic mass is 9.79. The average Bonchev–Trinajstić information content (AvgIpc) is 2.32. The normalized spacial score (nSPS) is 34.7. The van der Waals surface area contributed by atoms with Crippen LogP contribution in [-0.4, -0.2) is 11.0 Å². The molecule has 2 heteroatoms. The fourth-order valence-electron chi connectivity index (χ4n) is 2.52. The Hall–Kier alpha value is -1.15. The highest BCUT2D eigenvalue weighted by Crippen LogP contribution is 2.36. The van der Waals surface area contributed by atoms with Gasteiger partial charge in [-0.3, -0.25) is 4.98 Å². The van der Waals surface area contributed by atoms with Crippen LogP contribution in [0.4, 0.5) is 0 Å². The highest BCUT2D eigenvalue weighted by molar-refractivity contribution is 5.22. The molecule has 3 atom stereocenters. The summed E-state index contributed by atoms with van der Waals surface area (Å²) in [6.45, 7) is 0. The Morgan fingerprint density at radius 1 is 1.29 bits per heavy atom. The number of pyridine rings is 1. The molecule has 3 aliphatic rings. The predicted octanol–water partition coefficient (Wildman–Crippen LogP) is 2.06. The van der Waals surface area contributed by atoms with Crippen LogP contribution in [0.15, 0.2) is 36.7 Å². The molecule has 3 unspecified atom stereocenters. The molecule has 2 nitrogen and oxygen atoms in total. The van der Waals surface area contributed by atoms with Crippen molar-refractivity contribution in [3.8, 4) is 0 Å². The van der Waals surface area contributed by atoms with Crippen LogP contribution in [0.5, 0.6) is 0 Å². The van der Waals surface area contributed by atoms with Gasteiger partial charge in [0.25, 0.3) is 0 Å².